The maximum absolute atomic E-state index is 11.8. The van der Waals surface area contributed by atoms with Crippen LogP contribution in [-0.2, 0) is 9.47 Å². The molecule has 0 spiro atoms. The molecule has 0 bridgehead atoms. The number of ketones is 1. The fraction of sp³-hybridized carbons (Fsp3) is 0.455. The summed E-state index contributed by atoms with van der Waals surface area (Å²) in [7, 11) is 3.11. The lowest BCUT2D eigenvalue weighted by Gasteiger charge is -2.12. The average molecular weight is 288 g/mol. The number of methoxy groups -OCH3 is 2. The number of halogens is 1. The number of Topliss-reactive ketones (excluding diaryl/α,β-unsaturated/α-hetero) is 1. The van der Waals surface area contributed by atoms with Crippen molar-refractivity contribution >= 4 is 21.7 Å². The second-order valence-corrected chi connectivity index (χ2v) is 4.04. The van der Waals surface area contributed by atoms with Gasteiger partial charge in [0.2, 0.25) is 0 Å². The summed E-state index contributed by atoms with van der Waals surface area (Å²) in [5.41, 5.74) is 0.646. The number of nitrogens with zero attached hydrogens (tertiary/aromatic N) is 1. The summed E-state index contributed by atoms with van der Waals surface area (Å²) in [5.74, 6) is 0.0576. The van der Waals surface area contributed by atoms with E-state index < -0.39 is 0 Å². The van der Waals surface area contributed by atoms with Crippen LogP contribution in [0.3, 0.4) is 0 Å². The number of hydrogen-bond acceptors (Lipinski definition) is 4. The number of ether oxygens (including phenoxy) is 2. The molecular formula is C11H14BrNO3. The summed E-state index contributed by atoms with van der Waals surface area (Å²) in [6.07, 6.45) is 2.21. The zero-order valence-electron chi connectivity index (χ0n) is 9.27. The van der Waals surface area contributed by atoms with E-state index in [-0.39, 0.29) is 12.1 Å². The van der Waals surface area contributed by atoms with Crippen LogP contribution >= 0.6 is 15.9 Å². The van der Waals surface area contributed by atoms with Gasteiger partial charge in [-0.3, -0.25) is 4.79 Å². The van der Waals surface area contributed by atoms with Gasteiger partial charge in [-0.05, 0) is 28.1 Å². The van der Waals surface area contributed by atoms with Gasteiger partial charge >= 0.3 is 0 Å². The highest BCUT2D eigenvalue weighted by molar-refractivity contribution is 9.10. The van der Waals surface area contributed by atoms with Crippen LogP contribution < -0.4 is 0 Å². The van der Waals surface area contributed by atoms with Gasteiger partial charge in [0, 0.05) is 38.8 Å². The molecule has 0 N–H and O–H groups in total. The molecule has 1 aromatic rings. The summed E-state index contributed by atoms with van der Waals surface area (Å²) < 4.78 is 10.7. The molecule has 16 heavy (non-hydrogen) atoms. The van der Waals surface area contributed by atoms with Gasteiger partial charge in [-0.1, -0.05) is 0 Å². The van der Waals surface area contributed by atoms with Crippen LogP contribution in [0.25, 0.3) is 0 Å². The Balaban J connectivity index is 2.52. The summed E-state index contributed by atoms with van der Waals surface area (Å²) in [5, 5.41) is 0. The quantitative estimate of drug-likeness (QED) is 0.458. The highest BCUT2D eigenvalue weighted by Gasteiger charge is 2.11. The number of carbonyl (C=O) groups is 1. The Labute approximate surface area is 103 Å². The van der Waals surface area contributed by atoms with Crippen LogP contribution in [0.2, 0.25) is 0 Å². The first-order valence-corrected chi connectivity index (χ1v) is 5.67. The lowest BCUT2D eigenvalue weighted by atomic mass is 10.1. The highest BCUT2D eigenvalue weighted by Crippen LogP contribution is 2.12. The van der Waals surface area contributed by atoms with E-state index in [1.165, 1.54) is 0 Å². The molecule has 0 aliphatic rings. The van der Waals surface area contributed by atoms with Gasteiger partial charge in [0.1, 0.15) is 4.60 Å². The summed E-state index contributed by atoms with van der Waals surface area (Å²) in [6, 6.07) is 3.40. The van der Waals surface area contributed by atoms with Gasteiger partial charge < -0.3 is 9.47 Å². The van der Waals surface area contributed by atoms with Gasteiger partial charge in [0.05, 0.1) is 0 Å². The predicted molar refractivity (Wildman–Crippen MR) is 63.3 cm³/mol. The topological polar surface area (TPSA) is 48.4 Å². The maximum Gasteiger partial charge on any atom is 0.163 e. The van der Waals surface area contributed by atoms with Crippen LogP contribution in [0.15, 0.2) is 22.9 Å². The molecule has 5 heteroatoms. The van der Waals surface area contributed by atoms with E-state index in [9.17, 15) is 4.79 Å². The Hall–Kier alpha value is -0.780. The molecule has 1 heterocycles. The Morgan fingerprint density at radius 1 is 1.50 bits per heavy atom. The minimum Gasteiger partial charge on any atom is -0.356 e. The Morgan fingerprint density at radius 3 is 2.75 bits per heavy atom. The van der Waals surface area contributed by atoms with Crippen LogP contribution in [0.5, 0.6) is 0 Å². The molecule has 88 valence electrons. The first-order chi connectivity index (χ1) is 7.67. The fourth-order valence-electron chi connectivity index (χ4n) is 1.30. The van der Waals surface area contributed by atoms with Crippen molar-refractivity contribution in [2.45, 2.75) is 19.1 Å². The highest BCUT2D eigenvalue weighted by atomic mass is 79.9. The van der Waals surface area contributed by atoms with E-state index in [1.807, 2.05) is 0 Å². The molecule has 4 nitrogen and oxygen atoms in total. The molecule has 0 atom stereocenters. The number of hydrogen-bond donors (Lipinski definition) is 0. The smallest absolute Gasteiger partial charge is 0.163 e. The maximum atomic E-state index is 11.8. The van der Waals surface area contributed by atoms with E-state index >= 15 is 0 Å². The van der Waals surface area contributed by atoms with E-state index in [2.05, 4.69) is 20.9 Å². The number of aromatic nitrogens is 1. The molecule has 0 fully saturated rings. The fourth-order valence-corrected chi connectivity index (χ4v) is 1.67. The summed E-state index contributed by atoms with van der Waals surface area (Å²) in [4.78, 5) is 15.7. The van der Waals surface area contributed by atoms with Gasteiger partial charge in [-0.25, -0.2) is 4.98 Å². The first kappa shape index (κ1) is 13.3. The molecule has 0 saturated carbocycles. The standard InChI is InChI=1S/C11H14BrNO3/c1-15-11(16-2)4-3-9(14)8-5-6-13-10(12)7-8/h5-7,11H,3-4H2,1-2H3. The SMILES string of the molecule is COC(CCC(=O)c1ccnc(Br)c1)OC. The third-order valence-corrected chi connectivity index (χ3v) is 2.62. The molecule has 1 rings (SSSR count). The van der Waals surface area contributed by atoms with Crippen LogP contribution in [0, 0.1) is 0 Å². The Kier molecular flexibility index (Phi) is 5.59. The molecule has 0 unspecified atom stereocenters. The summed E-state index contributed by atoms with van der Waals surface area (Å²) in [6.45, 7) is 0. The van der Waals surface area contributed by atoms with Gasteiger partial charge in [-0.15, -0.1) is 0 Å². The van der Waals surface area contributed by atoms with E-state index in [4.69, 9.17) is 9.47 Å². The predicted octanol–water partition coefficient (Wildman–Crippen LogP) is 2.43. The van der Waals surface area contributed by atoms with Crippen molar-refractivity contribution in [3.8, 4) is 0 Å². The Morgan fingerprint density at radius 2 is 2.19 bits per heavy atom. The third-order valence-electron chi connectivity index (χ3n) is 2.18. The van der Waals surface area contributed by atoms with Gasteiger partial charge in [0.25, 0.3) is 0 Å². The number of carbonyl (C=O) groups excluding carboxylic acids is 1. The van der Waals surface area contributed by atoms with E-state index in [1.54, 1.807) is 32.5 Å². The minimum atomic E-state index is -0.325. The van der Waals surface area contributed by atoms with E-state index in [0.717, 1.165) is 0 Å². The molecule has 0 saturated heterocycles. The number of rotatable bonds is 6. The van der Waals surface area contributed by atoms with Crippen molar-refractivity contribution in [3.63, 3.8) is 0 Å². The summed E-state index contributed by atoms with van der Waals surface area (Å²) >= 11 is 3.23. The van der Waals surface area contributed by atoms with Crippen molar-refractivity contribution in [1.82, 2.24) is 4.98 Å². The normalized spacial score (nSPS) is 10.8. The zero-order chi connectivity index (χ0) is 12.0. The van der Waals surface area contributed by atoms with Crippen molar-refractivity contribution in [3.05, 3.63) is 28.5 Å². The zero-order valence-corrected chi connectivity index (χ0v) is 10.9. The van der Waals surface area contributed by atoms with Crippen LogP contribution in [-0.4, -0.2) is 31.3 Å². The van der Waals surface area contributed by atoms with Crippen molar-refractivity contribution in [2.75, 3.05) is 14.2 Å². The first-order valence-electron chi connectivity index (χ1n) is 4.87. The lowest BCUT2D eigenvalue weighted by Crippen LogP contribution is -2.14. The van der Waals surface area contributed by atoms with Crippen molar-refractivity contribution < 1.29 is 14.3 Å². The Bertz CT molecular complexity index is 353. The average Bonchev–Trinajstić information content (AvgIpc) is 2.30. The molecule has 0 aliphatic carbocycles. The second kappa shape index (κ2) is 6.73. The van der Waals surface area contributed by atoms with Crippen LogP contribution in [0.4, 0.5) is 0 Å². The van der Waals surface area contributed by atoms with Crippen LogP contribution in [0.1, 0.15) is 23.2 Å². The second-order valence-electron chi connectivity index (χ2n) is 3.23. The van der Waals surface area contributed by atoms with Gasteiger partial charge in [0.15, 0.2) is 12.1 Å². The van der Waals surface area contributed by atoms with Crippen molar-refractivity contribution in [2.24, 2.45) is 0 Å². The molecule has 0 radical (unpaired) electrons. The molecular weight excluding hydrogens is 274 g/mol. The largest absolute Gasteiger partial charge is 0.356 e. The third kappa shape index (κ3) is 4.00. The minimum absolute atomic E-state index is 0.0576. The molecule has 0 amide bonds. The molecule has 0 aliphatic heterocycles. The van der Waals surface area contributed by atoms with E-state index in [0.29, 0.717) is 23.0 Å². The lowest BCUT2D eigenvalue weighted by molar-refractivity contribution is -0.105. The monoisotopic (exact) mass is 287 g/mol. The molecule has 1 aromatic heterocycles. The van der Waals surface area contributed by atoms with Crippen molar-refractivity contribution in [1.29, 1.82) is 0 Å². The molecule has 0 aromatic carbocycles. The van der Waals surface area contributed by atoms with Gasteiger partial charge in [-0.2, -0.15) is 0 Å². The number of pyridine rings is 1.